The highest BCUT2D eigenvalue weighted by molar-refractivity contribution is 5.98. The van der Waals surface area contributed by atoms with Gasteiger partial charge in [-0.3, -0.25) is 9.59 Å². The van der Waals surface area contributed by atoms with Gasteiger partial charge in [-0.05, 0) is 24.8 Å². The van der Waals surface area contributed by atoms with Crippen LogP contribution < -0.4 is 5.32 Å². The summed E-state index contributed by atoms with van der Waals surface area (Å²) < 4.78 is 1.86. The summed E-state index contributed by atoms with van der Waals surface area (Å²) in [4.78, 5) is 23.5. The fourth-order valence-electron chi connectivity index (χ4n) is 3.44. The van der Waals surface area contributed by atoms with Crippen molar-refractivity contribution in [1.29, 1.82) is 0 Å². The summed E-state index contributed by atoms with van der Waals surface area (Å²) in [6.07, 6.45) is 7.32. The molecule has 0 saturated heterocycles. The van der Waals surface area contributed by atoms with E-state index in [4.69, 9.17) is 0 Å². The molecule has 1 saturated carbocycles. The summed E-state index contributed by atoms with van der Waals surface area (Å²) in [5, 5.41) is 4.06. The molecule has 22 heavy (non-hydrogen) atoms. The molecule has 3 rings (SSSR count). The molecule has 1 heterocycles. The lowest BCUT2D eigenvalue weighted by Gasteiger charge is -2.29. The molecule has 4 nitrogen and oxygen atoms in total. The number of aldehydes is 1. The number of hydrogen-bond acceptors (Lipinski definition) is 2. The quantitative estimate of drug-likeness (QED) is 0.882. The van der Waals surface area contributed by atoms with Gasteiger partial charge in [-0.2, -0.15) is 0 Å². The highest BCUT2D eigenvalue weighted by Crippen LogP contribution is 2.24. The maximum atomic E-state index is 12.3. The number of aromatic nitrogens is 1. The van der Waals surface area contributed by atoms with E-state index >= 15 is 0 Å². The Morgan fingerprint density at radius 2 is 2.09 bits per heavy atom. The van der Waals surface area contributed by atoms with E-state index < -0.39 is 0 Å². The van der Waals surface area contributed by atoms with Gasteiger partial charge in [0.15, 0.2) is 6.29 Å². The summed E-state index contributed by atoms with van der Waals surface area (Å²) >= 11 is 0. The molecule has 0 unspecified atom stereocenters. The molecule has 0 bridgehead atoms. The number of nitrogens with zero attached hydrogens (tertiary/aromatic N) is 1. The van der Waals surface area contributed by atoms with Gasteiger partial charge < -0.3 is 9.88 Å². The molecule has 0 radical (unpaired) electrons. The summed E-state index contributed by atoms with van der Waals surface area (Å²) in [6, 6.07) is 7.97. The largest absolute Gasteiger partial charge is 0.352 e. The average Bonchev–Trinajstić information content (AvgIpc) is 2.88. The standard InChI is InChI=1S/C18H22N2O2/c1-13-6-2-4-8-16(13)19-18(22)11-20-10-14(12-21)15-7-3-5-9-17(15)20/h3,5,7,9-10,12-13,16H,2,4,6,8,11H2,1H3,(H,19,22)/t13-,16+/m1/s1. The Hall–Kier alpha value is -2.10. The summed E-state index contributed by atoms with van der Waals surface area (Å²) in [5.74, 6) is 0.571. The molecule has 1 fully saturated rings. The van der Waals surface area contributed by atoms with E-state index in [0.717, 1.165) is 23.6 Å². The Morgan fingerprint density at radius 3 is 2.86 bits per heavy atom. The number of carbonyl (C=O) groups excluding carboxylic acids is 2. The summed E-state index contributed by atoms with van der Waals surface area (Å²) in [7, 11) is 0. The van der Waals surface area contributed by atoms with Crippen molar-refractivity contribution in [3.8, 4) is 0 Å². The lowest BCUT2D eigenvalue weighted by Crippen LogP contribution is -2.42. The monoisotopic (exact) mass is 298 g/mol. The summed E-state index contributed by atoms with van der Waals surface area (Å²) in [5.41, 5.74) is 1.56. The molecule has 2 atom stereocenters. The Bertz CT molecular complexity index is 689. The van der Waals surface area contributed by atoms with Crippen LogP contribution in [-0.4, -0.2) is 22.8 Å². The molecular formula is C18H22N2O2. The van der Waals surface area contributed by atoms with Gasteiger partial charge in [0.05, 0.1) is 0 Å². The van der Waals surface area contributed by atoms with Crippen LogP contribution in [0.1, 0.15) is 43.0 Å². The highest BCUT2D eigenvalue weighted by atomic mass is 16.2. The maximum absolute atomic E-state index is 12.3. The van der Waals surface area contributed by atoms with E-state index in [0.29, 0.717) is 11.5 Å². The third-order valence-electron chi connectivity index (χ3n) is 4.72. The zero-order chi connectivity index (χ0) is 15.5. The van der Waals surface area contributed by atoms with Gasteiger partial charge in [0.2, 0.25) is 5.91 Å². The number of hydrogen-bond donors (Lipinski definition) is 1. The first kappa shape index (κ1) is 14.8. The fourth-order valence-corrected chi connectivity index (χ4v) is 3.44. The number of nitrogens with one attached hydrogen (secondary N) is 1. The SMILES string of the molecule is C[C@@H]1CCCC[C@@H]1NC(=O)Cn1cc(C=O)c2ccccc21. The van der Waals surface area contributed by atoms with Gasteiger partial charge in [-0.25, -0.2) is 0 Å². The molecule has 116 valence electrons. The minimum atomic E-state index is 0.0250. The topological polar surface area (TPSA) is 51.1 Å². The van der Waals surface area contributed by atoms with Crippen LogP contribution in [0.3, 0.4) is 0 Å². The zero-order valence-corrected chi connectivity index (χ0v) is 12.9. The van der Waals surface area contributed by atoms with Gasteiger partial charge in [0, 0.05) is 28.7 Å². The first-order valence-electron chi connectivity index (χ1n) is 8.01. The minimum Gasteiger partial charge on any atom is -0.352 e. The van der Waals surface area contributed by atoms with E-state index in [9.17, 15) is 9.59 Å². The molecule has 0 spiro atoms. The van der Waals surface area contributed by atoms with Crippen LogP contribution in [-0.2, 0) is 11.3 Å². The summed E-state index contributed by atoms with van der Waals surface area (Å²) in [6.45, 7) is 2.47. The van der Waals surface area contributed by atoms with E-state index in [2.05, 4.69) is 12.2 Å². The van der Waals surface area contributed by atoms with Crippen LogP contribution in [0.15, 0.2) is 30.5 Å². The highest BCUT2D eigenvalue weighted by Gasteiger charge is 2.23. The maximum Gasteiger partial charge on any atom is 0.240 e. The van der Waals surface area contributed by atoms with Crippen molar-refractivity contribution in [3.05, 3.63) is 36.0 Å². The van der Waals surface area contributed by atoms with Gasteiger partial charge in [-0.1, -0.05) is 38.0 Å². The molecule has 1 N–H and O–H groups in total. The molecule has 1 amide bonds. The third-order valence-corrected chi connectivity index (χ3v) is 4.72. The van der Waals surface area contributed by atoms with E-state index in [1.165, 1.54) is 19.3 Å². The van der Waals surface area contributed by atoms with Crippen LogP contribution in [0.4, 0.5) is 0 Å². The Morgan fingerprint density at radius 1 is 1.32 bits per heavy atom. The van der Waals surface area contributed by atoms with Crippen LogP contribution >= 0.6 is 0 Å². The molecule has 1 aromatic carbocycles. The van der Waals surface area contributed by atoms with E-state index in [-0.39, 0.29) is 18.5 Å². The van der Waals surface area contributed by atoms with Crippen molar-refractivity contribution in [2.75, 3.05) is 0 Å². The van der Waals surface area contributed by atoms with Gasteiger partial charge >= 0.3 is 0 Å². The first-order chi connectivity index (χ1) is 10.7. The van der Waals surface area contributed by atoms with Crippen LogP contribution in [0.25, 0.3) is 10.9 Å². The minimum absolute atomic E-state index is 0.0250. The smallest absolute Gasteiger partial charge is 0.240 e. The fraction of sp³-hybridized carbons (Fsp3) is 0.444. The number of carbonyl (C=O) groups is 2. The molecule has 1 aromatic heterocycles. The second kappa shape index (κ2) is 6.34. The van der Waals surface area contributed by atoms with Crippen molar-refractivity contribution in [3.63, 3.8) is 0 Å². The van der Waals surface area contributed by atoms with Crippen molar-refractivity contribution < 1.29 is 9.59 Å². The van der Waals surface area contributed by atoms with E-state index in [1.54, 1.807) is 6.20 Å². The normalized spacial score (nSPS) is 21.7. The Kier molecular flexibility index (Phi) is 4.27. The van der Waals surface area contributed by atoms with E-state index in [1.807, 2.05) is 28.8 Å². The predicted molar refractivity (Wildman–Crippen MR) is 86.9 cm³/mol. The van der Waals surface area contributed by atoms with Gasteiger partial charge in [0.1, 0.15) is 6.54 Å². The van der Waals surface area contributed by atoms with Crippen LogP contribution in [0.2, 0.25) is 0 Å². The van der Waals surface area contributed by atoms with Crippen molar-refractivity contribution >= 4 is 23.1 Å². The second-order valence-electron chi connectivity index (χ2n) is 6.28. The Balaban J connectivity index is 1.75. The van der Waals surface area contributed by atoms with Crippen molar-refractivity contribution in [2.45, 2.75) is 45.2 Å². The van der Waals surface area contributed by atoms with Crippen LogP contribution in [0, 0.1) is 5.92 Å². The average molecular weight is 298 g/mol. The number of benzene rings is 1. The number of rotatable bonds is 4. The Labute approximate surface area is 130 Å². The number of fused-ring (bicyclic) bond motifs is 1. The third kappa shape index (κ3) is 2.91. The number of para-hydroxylation sites is 1. The number of amides is 1. The van der Waals surface area contributed by atoms with Crippen molar-refractivity contribution in [1.82, 2.24) is 9.88 Å². The van der Waals surface area contributed by atoms with Gasteiger partial charge in [-0.15, -0.1) is 0 Å². The lowest BCUT2D eigenvalue weighted by molar-refractivity contribution is -0.122. The lowest BCUT2D eigenvalue weighted by atomic mass is 9.86. The predicted octanol–water partition coefficient (Wildman–Crippen LogP) is 3.15. The molecule has 1 aliphatic carbocycles. The second-order valence-corrected chi connectivity index (χ2v) is 6.28. The molecule has 0 aliphatic heterocycles. The van der Waals surface area contributed by atoms with Gasteiger partial charge in [0.25, 0.3) is 0 Å². The first-order valence-corrected chi connectivity index (χ1v) is 8.01. The molecular weight excluding hydrogens is 276 g/mol. The van der Waals surface area contributed by atoms with Crippen LogP contribution in [0.5, 0.6) is 0 Å². The molecule has 1 aliphatic rings. The molecule has 4 heteroatoms. The van der Waals surface area contributed by atoms with Crippen molar-refractivity contribution in [2.24, 2.45) is 5.92 Å². The zero-order valence-electron chi connectivity index (χ0n) is 12.9. The molecule has 2 aromatic rings.